The number of furan rings is 1. The molecule has 2 aromatic rings. The lowest BCUT2D eigenvalue weighted by Crippen LogP contribution is -2.37. The number of hydrogen-bond donors (Lipinski definition) is 1. The number of aliphatic hydroxyl groups is 1. The van der Waals surface area contributed by atoms with Crippen molar-refractivity contribution in [2.24, 2.45) is 0 Å². The summed E-state index contributed by atoms with van der Waals surface area (Å²) in [6.45, 7) is 6.60. The van der Waals surface area contributed by atoms with Gasteiger partial charge < -0.3 is 19.3 Å². The smallest absolute Gasteiger partial charge is 0.295 e. The van der Waals surface area contributed by atoms with E-state index in [-0.39, 0.29) is 16.9 Å². The second-order valence-corrected chi connectivity index (χ2v) is 6.54. The minimum absolute atomic E-state index is 0.0499. The molecule has 1 amide bonds. The maximum atomic E-state index is 13.2. The predicted molar refractivity (Wildman–Crippen MR) is 102 cm³/mol. The van der Waals surface area contributed by atoms with E-state index in [1.807, 2.05) is 13.8 Å². The van der Waals surface area contributed by atoms with Gasteiger partial charge in [-0.1, -0.05) is 13.8 Å². The first-order chi connectivity index (χ1) is 13.5. The van der Waals surface area contributed by atoms with Crippen molar-refractivity contribution in [3.8, 4) is 0 Å². The standard InChI is InChI=1S/C21H23FN2O4/c1-3-23(4-2)11-12-24-18(16-6-5-13-28-16)17(20(26)21(24)27)19(25)14-7-9-15(22)10-8-14/h5-10,13,18,25H,3-4,11-12H2,1-2H3. The summed E-state index contributed by atoms with van der Waals surface area (Å²) < 4.78 is 18.7. The van der Waals surface area contributed by atoms with Crippen LogP contribution < -0.4 is 0 Å². The van der Waals surface area contributed by atoms with Crippen LogP contribution in [-0.2, 0) is 9.59 Å². The molecule has 1 atom stereocenters. The number of carbonyl (C=O) groups is 2. The van der Waals surface area contributed by atoms with Crippen LogP contribution in [0.1, 0.15) is 31.2 Å². The number of ketones is 1. The fourth-order valence-electron chi connectivity index (χ4n) is 3.41. The fraction of sp³-hybridized carbons (Fsp3) is 0.333. The Kier molecular flexibility index (Phi) is 5.94. The van der Waals surface area contributed by atoms with E-state index in [1.54, 1.807) is 12.1 Å². The maximum Gasteiger partial charge on any atom is 0.295 e. The number of benzene rings is 1. The Labute approximate surface area is 162 Å². The minimum Gasteiger partial charge on any atom is -0.507 e. The Morgan fingerprint density at radius 3 is 2.43 bits per heavy atom. The van der Waals surface area contributed by atoms with Gasteiger partial charge in [-0.05, 0) is 49.5 Å². The van der Waals surface area contributed by atoms with Gasteiger partial charge in [0, 0.05) is 18.7 Å². The van der Waals surface area contributed by atoms with E-state index in [2.05, 4.69) is 4.90 Å². The summed E-state index contributed by atoms with van der Waals surface area (Å²) in [6, 6.07) is 7.62. The number of hydrogen-bond acceptors (Lipinski definition) is 5. The van der Waals surface area contributed by atoms with Crippen LogP contribution in [-0.4, -0.2) is 52.8 Å². The lowest BCUT2D eigenvalue weighted by atomic mass is 9.99. The van der Waals surface area contributed by atoms with Crippen molar-refractivity contribution in [3.63, 3.8) is 0 Å². The largest absolute Gasteiger partial charge is 0.507 e. The molecule has 1 N–H and O–H groups in total. The van der Waals surface area contributed by atoms with Crippen LogP contribution in [0.2, 0.25) is 0 Å². The molecule has 0 bridgehead atoms. The van der Waals surface area contributed by atoms with E-state index in [4.69, 9.17) is 4.42 Å². The Bertz CT molecular complexity index is 870. The number of rotatable bonds is 7. The molecule has 0 aliphatic carbocycles. The Morgan fingerprint density at radius 1 is 1.18 bits per heavy atom. The first-order valence-corrected chi connectivity index (χ1v) is 9.28. The molecule has 0 radical (unpaired) electrons. The van der Waals surface area contributed by atoms with Gasteiger partial charge in [-0.25, -0.2) is 4.39 Å². The molecule has 148 valence electrons. The van der Waals surface area contributed by atoms with Gasteiger partial charge in [-0.2, -0.15) is 0 Å². The summed E-state index contributed by atoms with van der Waals surface area (Å²) in [6.07, 6.45) is 1.46. The van der Waals surface area contributed by atoms with Gasteiger partial charge >= 0.3 is 0 Å². The van der Waals surface area contributed by atoms with E-state index < -0.39 is 23.5 Å². The summed E-state index contributed by atoms with van der Waals surface area (Å²) in [4.78, 5) is 29.0. The van der Waals surface area contributed by atoms with Crippen molar-refractivity contribution in [1.29, 1.82) is 0 Å². The quantitative estimate of drug-likeness (QED) is 0.449. The average molecular weight is 386 g/mol. The van der Waals surface area contributed by atoms with Crippen LogP contribution >= 0.6 is 0 Å². The second-order valence-electron chi connectivity index (χ2n) is 6.54. The number of nitrogens with zero attached hydrogens (tertiary/aromatic N) is 2. The monoisotopic (exact) mass is 386 g/mol. The molecule has 1 aliphatic rings. The normalized spacial score (nSPS) is 19.0. The van der Waals surface area contributed by atoms with Gasteiger partial charge in [0.25, 0.3) is 11.7 Å². The highest BCUT2D eigenvalue weighted by atomic mass is 19.1. The molecule has 3 rings (SSSR count). The summed E-state index contributed by atoms with van der Waals surface area (Å²) in [5.41, 5.74) is 0.214. The summed E-state index contributed by atoms with van der Waals surface area (Å²) in [7, 11) is 0. The molecule has 1 saturated heterocycles. The number of carbonyl (C=O) groups excluding carboxylic acids is 2. The van der Waals surface area contributed by atoms with Crippen LogP contribution in [0, 0.1) is 5.82 Å². The lowest BCUT2D eigenvalue weighted by molar-refractivity contribution is -0.140. The van der Waals surface area contributed by atoms with Crippen LogP contribution in [0.4, 0.5) is 4.39 Å². The Hall–Kier alpha value is -2.93. The van der Waals surface area contributed by atoms with Gasteiger partial charge in [-0.3, -0.25) is 9.59 Å². The SMILES string of the molecule is CCN(CC)CCN1C(=O)C(=O)C(=C(O)c2ccc(F)cc2)C1c1ccco1. The zero-order valence-corrected chi connectivity index (χ0v) is 15.9. The first-order valence-electron chi connectivity index (χ1n) is 9.28. The molecule has 0 spiro atoms. The number of halogens is 1. The number of likely N-dealkylation sites (tertiary alicyclic amines) is 1. The molecule has 7 heteroatoms. The summed E-state index contributed by atoms with van der Waals surface area (Å²) >= 11 is 0. The topological polar surface area (TPSA) is 74.0 Å². The molecule has 1 aliphatic heterocycles. The third-order valence-electron chi connectivity index (χ3n) is 5.02. The van der Waals surface area contributed by atoms with Crippen LogP contribution in [0.25, 0.3) is 5.76 Å². The minimum atomic E-state index is -0.824. The summed E-state index contributed by atoms with van der Waals surface area (Å²) in [5.74, 6) is -1.87. The number of amides is 1. The molecule has 1 unspecified atom stereocenters. The van der Waals surface area contributed by atoms with E-state index in [1.165, 1.54) is 35.4 Å². The van der Waals surface area contributed by atoms with E-state index in [9.17, 15) is 19.1 Å². The fourth-order valence-corrected chi connectivity index (χ4v) is 3.41. The lowest BCUT2D eigenvalue weighted by Gasteiger charge is -2.26. The highest BCUT2D eigenvalue weighted by Gasteiger charge is 2.47. The Morgan fingerprint density at radius 2 is 1.86 bits per heavy atom. The van der Waals surface area contributed by atoms with Crippen molar-refractivity contribution in [2.75, 3.05) is 26.2 Å². The van der Waals surface area contributed by atoms with Crippen molar-refractivity contribution in [2.45, 2.75) is 19.9 Å². The van der Waals surface area contributed by atoms with Crippen LogP contribution in [0.3, 0.4) is 0 Å². The van der Waals surface area contributed by atoms with E-state index >= 15 is 0 Å². The molecule has 0 saturated carbocycles. The number of aliphatic hydroxyl groups excluding tert-OH is 1. The third-order valence-corrected chi connectivity index (χ3v) is 5.02. The van der Waals surface area contributed by atoms with E-state index in [0.717, 1.165) is 13.1 Å². The van der Waals surface area contributed by atoms with Gasteiger partial charge in [0.2, 0.25) is 0 Å². The second kappa shape index (κ2) is 8.39. The summed E-state index contributed by atoms with van der Waals surface area (Å²) in [5, 5.41) is 10.8. The molecule has 6 nitrogen and oxygen atoms in total. The molecule has 1 aromatic carbocycles. The molecular weight excluding hydrogens is 363 g/mol. The number of Topliss-reactive ketones (excluding diaryl/α,β-unsaturated/α-hetero) is 1. The first kappa shape index (κ1) is 19.8. The van der Waals surface area contributed by atoms with Crippen LogP contribution in [0.15, 0.2) is 52.7 Å². The van der Waals surface area contributed by atoms with Gasteiger partial charge in [0.05, 0.1) is 11.8 Å². The zero-order chi connectivity index (χ0) is 20.3. The van der Waals surface area contributed by atoms with Gasteiger partial charge in [-0.15, -0.1) is 0 Å². The van der Waals surface area contributed by atoms with Crippen molar-refractivity contribution < 1.29 is 23.5 Å². The third kappa shape index (κ3) is 3.71. The molecule has 2 heterocycles. The average Bonchev–Trinajstić information content (AvgIpc) is 3.31. The van der Waals surface area contributed by atoms with Crippen LogP contribution in [0.5, 0.6) is 0 Å². The van der Waals surface area contributed by atoms with Crippen molar-refractivity contribution in [1.82, 2.24) is 9.80 Å². The van der Waals surface area contributed by atoms with Crippen molar-refractivity contribution in [3.05, 3.63) is 65.4 Å². The molecular formula is C21H23FN2O4. The van der Waals surface area contributed by atoms with Crippen molar-refractivity contribution >= 4 is 17.4 Å². The highest BCUT2D eigenvalue weighted by molar-refractivity contribution is 6.46. The molecule has 1 aromatic heterocycles. The molecule has 1 fully saturated rings. The molecule has 28 heavy (non-hydrogen) atoms. The highest BCUT2D eigenvalue weighted by Crippen LogP contribution is 2.39. The number of likely N-dealkylation sites (N-methyl/N-ethyl adjacent to an activating group) is 1. The van der Waals surface area contributed by atoms with E-state index in [0.29, 0.717) is 18.8 Å². The maximum absolute atomic E-state index is 13.2. The van der Waals surface area contributed by atoms with Gasteiger partial charge in [0.15, 0.2) is 0 Å². The van der Waals surface area contributed by atoms with Gasteiger partial charge in [0.1, 0.15) is 23.4 Å². The Balaban J connectivity index is 2.03. The predicted octanol–water partition coefficient (Wildman–Crippen LogP) is 3.18. The zero-order valence-electron chi connectivity index (χ0n) is 15.9.